The van der Waals surface area contributed by atoms with Gasteiger partial charge in [0.15, 0.2) is 0 Å². The summed E-state index contributed by atoms with van der Waals surface area (Å²) in [7, 11) is -2.55. The number of nitrogens with zero attached hydrogens (tertiary/aromatic N) is 2. The van der Waals surface area contributed by atoms with Crippen molar-refractivity contribution < 1.29 is 36.8 Å². The van der Waals surface area contributed by atoms with Gasteiger partial charge in [-0.05, 0) is 48.7 Å². The highest BCUT2D eigenvalue weighted by atomic mass is 32.2. The fourth-order valence-corrected chi connectivity index (χ4v) is 5.55. The Morgan fingerprint density at radius 3 is 2.16 bits per heavy atom. The number of carbonyl (C=O) groups is 3. The Labute approximate surface area is 299 Å². The van der Waals surface area contributed by atoms with E-state index in [9.17, 15) is 27.4 Å². The zero-order valence-corrected chi connectivity index (χ0v) is 29.8. The number of anilines is 2. The third kappa shape index (κ3) is 16.5. The Kier molecular flexibility index (Phi) is 17.9. The normalized spacial score (nSPS) is 11.2. The number of hydrogen-bond donors (Lipinski definition) is 5. The summed E-state index contributed by atoms with van der Waals surface area (Å²) in [5, 5.41) is 12.5. The van der Waals surface area contributed by atoms with E-state index >= 15 is 0 Å². The highest BCUT2D eigenvalue weighted by Gasteiger charge is 2.13. The number of rotatable bonds is 23. The van der Waals surface area contributed by atoms with Gasteiger partial charge in [0.25, 0.3) is 16.0 Å². The molecule has 2 amide bonds. The van der Waals surface area contributed by atoms with Crippen molar-refractivity contribution in [2.75, 3.05) is 37.5 Å². The van der Waals surface area contributed by atoms with Gasteiger partial charge < -0.3 is 25.4 Å². The second kappa shape index (κ2) is 22.6. The molecule has 0 saturated carbocycles. The van der Waals surface area contributed by atoms with Crippen LogP contribution in [0.5, 0.6) is 0 Å². The molecule has 0 spiro atoms. The molecule has 51 heavy (non-hydrogen) atoms. The first kappa shape index (κ1) is 40.4. The summed E-state index contributed by atoms with van der Waals surface area (Å²) in [4.78, 5) is 40.1. The lowest BCUT2D eigenvalue weighted by atomic mass is 10.1. The Balaban J connectivity index is 1.12. The van der Waals surface area contributed by atoms with Crippen molar-refractivity contribution in [3.8, 4) is 0 Å². The molecular weight excluding hydrogens is 676 g/mol. The maximum atomic E-state index is 12.4. The fourth-order valence-electron chi connectivity index (χ4n) is 4.88. The van der Waals surface area contributed by atoms with Gasteiger partial charge in [-0.1, -0.05) is 75.3 Å². The van der Waals surface area contributed by atoms with Gasteiger partial charge in [-0.3, -0.25) is 19.6 Å². The molecule has 15 heteroatoms. The van der Waals surface area contributed by atoms with E-state index in [-0.39, 0.29) is 35.4 Å². The predicted molar refractivity (Wildman–Crippen MR) is 195 cm³/mol. The SMILES string of the molecule is CNc1ccc(COC(=O)OCCCCCCCCCCCC(=O)NCCNC(=O)c2ccc(N/N=C\c3ccccc3S(=O)(=O)O)nc2)cc1. The first-order valence-corrected chi connectivity index (χ1v) is 18.5. The van der Waals surface area contributed by atoms with Gasteiger partial charge in [0.1, 0.15) is 17.3 Å². The molecule has 0 bridgehead atoms. The van der Waals surface area contributed by atoms with Crippen LogP contribution in [0, 0.1) is 0 Å². The van der Waals surface area contributed by atoms with E-state index in [1.807, 2.05) is 31.3 Å². The highest BCUT2D eigenvalue weighted by Crippen LogP contribution is 2.14. The van der Waals surface area contributed by atoms with Crippen molar-refractivity contribution in [1.82, 2.24) is 15.6 Å². The van der Waals surface area contributed by atoms with Crippen LogP contribution in [0.4, 0.5) is 16.3 Å². The number of aromatic nitrogens is 1. The summed E-state index contributed by atoms with van der Waals surface area (Å²) in [5.41, 5.74) is 5.06. The van der Waals surface area contributed by atoms with Crippen LogP contribution in [-0.2, 0) is 31.0 Å². The summed E-state index contributed by atoms with van der Waals surface area (Å²) in [6, 6.07) is 16.6. The van der Waals surface area contributed by atoms with Crippen molar-refractivity contribution in [2.24, 2.45) is 5.10 Å². The molecule has 0 fully saturated rings. The maximum absolute atomic E-state index is 12.4. The minimum Gasteiger partial charge on any atom is -0.434 e. The third-order valence-corrected chi connectivity index (χ3v) is 8.63. The molecular formula is C36H48N6O8S. The molecule has 0 aliphatic rings. The minimum absolute atomic E-state index is 0.0459. The van der Waals surface area contributed by atoms with E-state index in [2.05, 4.69) is 31.5 Å². The summed E-state index contributed by atoms with van der Waals surface area (Å²) < 4.78 is 42.6. The quantitative estimate of drug-likeness (QED) is 0.0256. The van der Waals surface area contributed by atoms with Crippen LogP contribution in [-0.4, -0.2) is 68.9 Å². The molecule has 0 atom stereocenters. The molecule has 0 saturated heterocycles. The molecule has 0 aliphatic carbocycles. The molecule has 0 unspecified atom stereocenters. The second-order valence-electron chi connectivity index (χ2n) is 11.7. The van der Waals surface area contributed by atoms with Crippen LogP contribution < -0.4 is 21.4 Å². The largest absolute Gasteiger partial charge is 0.508 e. The molecule has 0 radical (unpaired) electrons. The number of unbranched alkanes of at least 4 members (excludes halogenated alkanes) is 8. The van der Waals surface area contributed by atoms with Crippen LogP contribution in [0.25, 0.3) is 0 Å². The molecule has 2 aromatic carbocycles. The number of hydrazone groups is 1. The van der Waals surface area contributed by atoms with Gasteiger partial charge in [-0.25, -0.2) is 9.78 Å². The van der Waals surface area contributed by atoms with Crippen LogP contribution in [0.1, 0.15) is 85.7 Å². The van der Waals surface area contributed by atoms with Crippen molar-refractivity contribution in [1.29, 1.82) is 0 Å². The lowest BCUT2D eigenvalue weighted by Crippen LogP contribution is -2.34. The molecule has 276 valence electrons. The Morgan fingerprint density at radius 1 is 0.824 bits per heavy atom. The smallest absolute Gasteiger partial charge is 0.434 e. The Morgan fingerprint density at radius 2 is 1.49 bits per heavy atom. The average molecular weight is 725 g/mol. The number of nitrogens with one attached hydrogen (secondary N) is 4. The van der Waals surface area contributed by atoms with E-state index in [1.165, 1.54) is 36.7 Å². The number of benzene rings is 2. The topological polar surface area (TPSA) is 197 Å². The fraction of sp³-hybridized carbons (Fsp3) is 0.417. The number of hydrogen-bond acceptors (Lipinski definition) is 11. The molecule has 3 rings (SSSR count). The molecule has 1 heterocycles. The van der Waals surface area contributed by atoms with Crippen molar-refractivity contribution in [2.45, 2.75) is 75.7 Å². The summed E-state index contributed by atoms with van der Waals surface area (Å²) >= 11 is 0. The number of pyridine rings is 1. The molecule has 0 aliphatic heterocycles. The zero-order chi connectivity index (χ0) is 36.7. The lowest BCUT2D eigenvalue weighted by molar-refractivity contribution is -0.121. The lowest BCUT2D eigenvalue weighted by Gasteiger charge is -2.08. The van der Waals surface area contributed by atoms with Crippen molar-refractivity contribution in [3.05, 3.63) is 83.6 Å². The van der Waals surface area contributed by atoms with Crippen LogP contribution in [0.15, 0.2) is 76.9 Å². The highest BCUT2D eigenvalue weighted by molar-refractivity contribution is 7.86. The number of ether oxygens (including phenoxy) is 2. The van der Waals surface area contributed by atoms with E-state index in [1.54, 1.807) is 12.1 Å². The maximum Gasteiger partial charge on any atom is 0.508 e. The summed E-state index contributed by atoms with van der Waals surface area (Å²) in [6.45, 7) is 1.13. The predicted octanol–water partition coefficient (Wildman–Crippen LogP) is 5.92. The van der Waals surface area contributed by atoms with E-state index in [0.29, 0.717) is 31.0 Å². The molecule has 5 N–H and O–H groups in total. The zero-order valence-electron chi connectivity index (χ0n) is 28.9. The Bertz CT molecular complexity index is 1650. The van der Waals surface area contributed by atoms with Crippen LogP contribution >= 0.6 is 0 Å². The van der Waals surface area contributed by atoms with Crippen LogP contribution in [0.3, 0.4) is 0 Å². The average Bonchev–Trinajstić information content (AvgIpc) is 3.13. The van der Waals surface area contributed by atoms with E-state index in [0.717, 1.165) is 69.0 Å². The Hall–Kier alpha value is -5.02. The van der Waals surface area contributed by atoms with Gasteiger partial charge in [0, 0.05) is 44.0 Å². The second-order valence-corrected chi connectivity index (χ2v) is 13.1. The van der Waals surface area contributed by atoms with E-state index in [4.69, 9.17) is 9.47 Å². The molecule has 1 aromatic heterocycles. The van der Waals surface area contributed by atoms with Gasteiger partial charge in [0.05, 0.1) is 18.4 Å². The van der Waals surface area contributed by atoms with Gasteiger partial charge in [-0.15, -0.1) is 0 Å². The summed E-state index contributed by atoms with van der Waals surface area (Å²) in [6.07, 6.45) is 11.6. The van der Waals surface area contributed by atoms with Crippen molar-refractivity contribution in [3.63, 3.8) is 0 Å². The third-order valence-electron chi connectivity index (χ3n) is 7.71. The van der Waals surface area contributed by atoms with Gasteiger partial charge in [0.2, 0.25) is 5.91 Å². The number of amides is 2. The molecule has 14 nitrogen and oxygen atoms in total. The monoisotopic (exact) mass is 724 g/mol. The van der Waals surface area contributed by atoms with Crippen LogP contribution in [0.2, 0.25) is 0 Å². The minimum atomic E-state index is -4.39. The van der Waals surface area contributed by atoms with E-state index < -0.39 is 16.3 Å². The standard InChI is InChI=1S/C36H48N6O8S/c1-37-31-19-16-28(17-20-31)27-50-36(45)49-24-12-8-6-4-2-3-5-7-9-15-34(43)38-22-23-39-35(44)30-18-21-33(40-25-30)42-41-26-29-13-10-11-14-32(29)51(46,47)48/h10-11,13-14,16-21,25-26,37H,2-9,12,15,22-24,27H2,1H3,(H,38,43)(H,39,44)(H,40,42)(H,46,47,48)/b41-26-. The summed E-state index contributed by atoms with van der Waals surface area (Å²) in [5.74, 6) is -0.0674. The van der Waals surface area contributed by atoms with Crippen molar-refractivity contribution >= 4 is 45.8 Å². The van der Waals surface area contributed by atoms with Gasteiger partial charge in [-0.2, -0.15) is 13.5 Å². The van der Waals surface area contributed by atoms with Gasteiger partial charge >= 0.3 is 6.16 Å². The molecule has 3 aromatic rings. The first-order chi connectivity index (χ1) is 24.7. The first-order valence-electron chi connectivity index (χ1n) is 17.1. The number of carbonyl (C=O) groups excluding carboxylic acids is 3.